The fourth-order valence-electron chi connectivity index (χ4n) is 2.05. The summed E-state index contributed by atoms with van der Waals surface area (Å²) in [6.45, 7) is 0.331. The molecule has 85 valence electrons. The second-order valence-electron chi connectivity index (χ2n) is 3.67. The van der Waals surface area contributed by atoms with Crippen molar-refractivity contribution in [1.29, 1.82) is 0 Å². The summed E-state index contributed by atoms with van der Waals surface area (Å²) < 4.78 is 31.7. The number of fused-ring (bicyclic) bond motifs is 3. The molecule has 0 unspecified atom stereocenters. The maximum absolute atomic E-state index is 11.7. The van der Waals surface area contributed by atoms with E-state index >= 15 is 0 Å². The van der Waals surface area contributed by atoms with Crippen molar-refractivity contribution in [2.75, 3.05) is 6.54 Å². The van der Waals surface area contributed by atoms with Gasteiger partial charge >= 0.3 is 16.4 Å². The molecule has 3 fully saturated rings. The fraction of sp³-hybridized carbons (Fsp3) is 0.833. The third kappa shape index (κ3) is 1.67. The summed E-state index contributed by atoms with van der Waals surface area (Å²) in [6.07, 6.45) is 0.825. The monoisotopic (exact) mass is 277 g/mol. The van der Waals surface area contributed by atoms with Crippen LogP contribution in [0.5, 0.6) is 0 Å². The van der Waals surface area contributed by atoms with Crippen LogP contribution in [-0.4, -0.2) is 71.7 Å². The molecule has 0 aromatic heterocycles. The molecule has 3 saturated heterocycles. The van der Waals surface area contributed by atoms with Gasteiger partial charge in [-0.25, -0.2) is 8.98 Å². The third-order valence-corrected chi connectivity index (χ3v) is 4.12. The molecule has 3 bridgehead atoms. The van der Waals surface area contributed by atoms with Crippen LogP contribution in [0.3, 0.4) is 0 Å². The van der Waals surface area contributed by atoms with Crippen molar-refractivity contribution in [2.45, 2.75) is 24.1 Å². The van der Waals surface area contributed by atoms with Crippen LogP contribution in [0, 0.1) is 0 Å². The topological polar surface area (TPSA) is 76.1 Å². The van der Waals surface area contributed by atoms with Crippen LogP contribution >= 0.6 is 11.6 Å². The first-order valence-electron chi connectivity index (χ1n) is 4.36. The van der Waals surface area contributed by atoms with Crippen LogP contribution in [0.2, 0.25) is 0 Å². The van der Waals surface area contributed by atoms with Gasteiger partial charge in [0, 0.05) is 42.5 Å². The summed E-state index contributed by atoms with van der Waals surface area (Å²) in [5.41, 5.74) is 0. The van der Waals surface area contributed by atoms with E-state index in [1.54, 1.807) is 0 Å². The molecule has 0 N–H and O–H groups in total. The predicted molar refractivity (Wildman–Crippen MR) is 52.4 cm³/mol. The van der Waals surface area contributed by atoms with E-state index in [9.17, 15) is 13.2 Å². The molecule has 7 nitrogen and oxygen atoms in total. The largest absolute Gasteiger partial charge is 0.424 e. The first-order chi connectivity index (χ1) is 6.91. The molecule has 10 heteroatoms. The summed E-state index contributed by atoms with van der Waals surface area (Å²) in [4.78, 5) is 12.8. The summed E-state index contributed by atoms with van der Waals surface area (Å²) in [7, 11) is -4.24. The normalized spacial score (nSPS) is 39.6. The molecule has 3 heterocycles. The van der Waals surface area contributed by atoms with Crippen molar-refractivity contribution < 1.29 is 21.7 Å². The van der Waals surface area contributed by atoms with Crippen molar-refractivity contribution in [2.24, 2.45) is 0 Å². The van der Waals surface area contributed by atoms with E-state index < -0.39 is 21.6 Å². The Balaban J connectivity index is 0.000000963. The minimum Gasteiger partial charge on any atom is -0.278 e. The van der Waals surface area contributed by atoms with Crippen LogP contribution in [0.15, 0.2) is 0 Å². The van der Waals surface area contributed by atoms with E-state index in [4.69, 9.17) is 11.6 Å². The fourth-order valence-corrected chi connectivity index (χ4v) is 3.44. The number of urea groups is 1. The summed E-state index contributed by atoms with van der Waals surface area (Å²) in [6, 6.07) is -0.823. The molecule has 0 saturated carbocycles. The Labute approximate surface area is 119 Å². The summed E-state index contributed by atoms with van der Waals surface area (Å²) in [5, 5.41) is -0.788. The molecule has 3 aliphatic rings. The Bertz CT molecular complexity index is 444. The SMILES string of the molecule is O=C1N2OS(=O)(=O)O[C@@]3(Cl)CC[C@@H]2CN13.[Na]. The van der Waals surface area contributed by atoms with Crippen LogP contribution in [0.25, 0.3) is 0 Å². The predicted octanol–water partition coefficient (Wildman–Crippen LogP) is -0.395. The molecule has 0 spiro atoms. The van der Waals surface area contributed by atoms with Gasteiger partial charge in [-0.2, -0.15) is 13.5 Å². The third-order valence-electron chi connectivity index (χ3n) is 2.73. The van der Waals surface area contributed by atoms with Crippen LogP contribution in [0.1, 0.15) is 12.8 Å². The Hall–Kier alpha value is 0.430. The zero-order valence-corrected chi connectivity index (χ0v) is 12.0. The number of carbonyl (C=O) groups is 1. The van der Waals surface area contributed by atoms with Gasteiger partial charge in [-0.15, -0.1) is 4.28 Å². The number of carbonyl (C=O) groups excluding carboxylic acids is 1. The van der Waals surface area contributed by atoms with Crippen molar-refractivity contribution >= 4 is 57.6 Å². The molecule has 16 heavy (non-hydrogen) atoms. The number of nitrogens with zero attached hydrogens (tertiary/aromatic N) is 2. The number of rotatable bonds is 0. The molecule has 2 atom stereocenters. The molecule has 3 rings (SSSR count). The second-order valence-corrected chi connectivity index (χ2v) is 5.39. The Morgan fingerprint density at radius 2 is 2.19 bits per heavy atom. The number of alkyl halides is 1. The zero-order valence-electron chi connectivity index (χ0n) is 8.42. The number of piperidine rings is 1. The molecule has 0 aromatic carbocycles. The number of hydrogen-bond donors (Lipinski definition) is 0. The average Bonchev–Trinajstić information content (AvgIpc) is 2.32. The molecule has 3 aliphatic heterocycles. The maximum Gasteiger partial charge on any atom is 0.424 e. The van der Waals surface area contributed by atoms with Gasteiger partial charge < -0.3 is 0 Å². The second kappa shape index (κ2) is 3.71. The number of amides is 2. The maximum atomic E-state index is 11.7. The first-order valence-corrected chi connectivity index (χ1v) is 6.07. The van der Waals surface area contributed by atoms with Gasteiger partial charge in [-0.1, -0.05) is 11.6 Å². The molecular formula is C6H7ClN2NaO5S. The van der Waals surface area contributed by atoms with Crippen molar-refractivity contribution in [3.8, 4) is 0 Å². The molecule has 1 radical (unpaired) electrons. The first kappa shape index (κ1) is 12.9. The van der Waals surface area contributed by atoms with Crippen molar-refractivity contribution in [3.63, 3.8) is 0 Å². The zero-order chi connectivity index (χ0) is 10.8. The minimum atomic E-state index is -4.24. The van der Waals surface area contributed by atoms with Gasteiger partial charge in [0.1, 0.15) is 0 Å². The Morgan fingerprint density at radius 1 is 1.50 bits per heavy atom. The summed E-state index contributed by atoms with van der Waals surface area (Å²) in [5.74, 6) is 0. The molecule has 0 aliphatic carbocycles. The van der Waals surface area contributed by atoms with Gasteiger partial charge in [0.05, 0.1) is 6.04 Å². The molecule has 2 amide bonds. The smallest absolute Gasteiger partial charge is 0.278 e. The van der Waals surface area contributed by atoms with Crippen LogP contribution in [0.4, 0.5) is 4.79 Å². The van der Waals surface area contributed by atoms with Gasteiger partial charge in [-0.3, -0.25) is 4.90 Å². The van der Waals surface area contributed by atoms with Crippen LogP contribution < -0.4 is 0 Å². The van der Waals surface area contributed by atoms with E-state index in [1.165, 1.54) is 4.90 Å². The quantitative estimate of drug-likeness (QED) is 0.342. The van der Waals surface area contributed by atoms with E-state index in [-0.39, 0.29) is 42.0 Å². The minimum absolute atomic E-state index is 0. The van der Waals surface area contributed by atoms with E-state index in [0.717, 1.165) is 5.06 Å². The van der Waals surface area contributed by atoms with Gasteiger partial charge in [0.25, 0.3) is 0 Å². The van der Waals surface area contributed by atoms with Gasteiger partial charge in [0.2, 0.25) is 5.18 Å². The average molecular weight is 278 g/mol. The molecule has 0 aromatic rings. The van der Waals surface area contributed by atoms with Gasteiger partial charge in [-0.05, 0) is 6.42 Å². The van der Waals surface area contributed by atoms with E-state index in [0.29, 0.717) is 13.0 Å². The van der Waals surface area contributed by atoms with E-state index in [1.807, 2.05) is 0 Å². The Kier molecular flexibility index (Phi) is 2.99. The molecular weight excluding hydrogens is 271 g/mol. The number of hydrogen-bond acceptors (Lipinski definition) is 5. The Morgan fingerprint density at radius 3 is 2.88 bits per heavy atom. The number of hydroxylamine groups is 2. The van der Waals surface area contributed by atoms with Crippen molar-refractivity contribution in [3.05, 3.63) is 0 Å². The number of halogens is 1. The van der Waals surface area contributed by atoms with E-state index in [2.05, 4.69) is 8.47 Å². The van der Waals surface area contributed by atoms with Crippen LogP contribution in [-0.2, 0) is 18.9 Å². The summed E-state index contributed by atoms with van der Waals surface area (Å²) >= 11 is 5.97. The van der Waals surface area contributed by atoms with Gasteiger partial charge in [0.15, 0.2) is 0 Å². The van der Waals surface area contributed by atoms with Crippen molar-refractivity contribution in [1.82, 2.24) is 9.96 Å². The standard InChI is InChI=1S/C6H7ClN2O5S.Na/c7-6-2-1-4-3-8(6)5(10)9(4)14-15(11,12)13-6;/h4H,1-3H2;/t4-,6-;/m1./s1.